The van der Waals surface area contributed by atoms with Gasteiger partial charge in [0.2, 0.25) is 0 Å². The fourth-order valence-corrected chi connectivity index (χ4v) is 3.69. The van der Waals surface area contributed by atoms with Crippen LogP contribution in [0.5, 0.6) is 0 Å². The van der Waals surface area contributed by atoms with Gasteiger partial charge >= 0.3 is 11.9 Å². The highest BCUT2D eigenvalue weighted by atomic mass is 16.5. The van der Waals surface area contributed by atoms with Crippen molar-refractivity contribution < 1.29 is 19.4 Å². The van der Waals surface area contributed by atoms with Gasteiger partial charge in [-0.05, 0) is 31.6 Å². The number of esters is 1. The lowest BCUT2D eigenvalue weighted by atomic mass is 9.64. The Labute approximate surface area is 119 Å². The van der Waals surface area contributed by atoms with Crippen LogP contribution in [0.4, 0.5) is 0 Å². The molecule has 1 rings (SSSR count). The van der Waals surface area contributed by atoms with Gasteiger partial charge in [0, 0.05) is 0 Å². The van der Waals surface area contributed by atoms with Crippen molar-refractivity contribution in [3.63, 3.8) is 0 Å². The molecule has 0 radical (unpaired) electrons. The number of carbonyl (C=O) groups excluding carboxylic acids is 1. The van der Waals surface area contributed by atoms with Gasteiger partial charge in [-0.15, -0.1) is 0 Å². The predicted octanol–water partition coefficient (Wildman–Crippen LogP) is 2.61. The summed E-state index contributed by atoms with van der Waals surface area (Å²) in [5, 5.41) is 18.9. The number of nitriles is 1. The number of hydrogen-bond acceptors (Lipinski definition) is 4. The summed E-state index contributed by atoms with van der Waals surface area (Å²) in [7, 11) is 1.29. The van der Waals surface area contributed by atoms with Crippen molar-refractivity contribution in [1.82, 2.24) is 0 Å². The Morgan fingerprint density at radius 1 is 1.40 bits per heavy atom. The van der Waals surface area contributed by atoms with E-state index in [1.165, 1.54) is 7.11 Å². The monoisotopic (exact) mass is 281 g/mol. The van der Waals surface area contributed by atoms with Gasteiger partial charge in [0.15, 0.2) is 0 Å². The van der Waals surface area contributed by atoms with Crippen molar-refractivity contribution >= 4 is 11.9 Å². The molecule has 1 aliphatic carbocycles. The molecule has 0 amide bonds. The summed E-state index contributed by atoms with van der Waals surface area (Å²) in [5.74, 6) is -2.86. The highest BCUT2D eigenvalue weighted by Gasteiger charge is 2.53. The van der Waals surface area contributed by atoms with E-state index in [-0.39, 0.29) is 11.8 Å². The third kappa shape index (κ3) is 2.65. The fraction of sp³-hybridized carbons (Fsp3) is 0.800. The van der Waals surface area contributed by atoms with Crippen molar-refractivity contribution in [1.29, 1.82) is 5.26 Å². The van der Waals surface area contributed by atoms with Gasteiger partial charge in [-0.25, -0.2) is 0 Å². The summed E-state index contributed by atoms with van der Waals surface area (Å²) in [6.45, 7) is 3.62. The summed E-state index contributed by atoms with van der Waals surface area (Å²) >= 11 is 0. The van der Waals surface area contributed by atoms with E-state index in [9.17, 15) is 20.0 Å². The maximum Gasteiger partial charge on any atom is 0.312 e. The van der Waals surface area contributed by atoms with Gasteiger partial charge in [0.1, 0.15) is 0 Å². The molecule has 0 heterocycles. The lowest BCUT2D eigenvalue weighted by molar-refractivity contribution is -0.169. The molecule has 3 unspecified atom stereocenters. The van der Waals surface area contributed by atoms with Crippen LogP contribution in [0.15, 0.2) is 0 Å². The molecule has 1 saturated carbocycles. The zero-order valence-electron chi connectivity index (χ0n) is 12.4. The predicted molar refractivity (Wildman–Crippen MR) is 72.6 cm³/mol. The van der Waals surface area contributed by atoms with Crippen LogP contribution in [0, 0.1) is 34.5 Å². The zero-order chi connectivity index (χ0) is 15.3. The molecule has 112 valence electrons. The SMILES string of the molecule is CCC(CC)(C(=O)OC)C(C(=O)O)C1CCCC1C#N. The number of carboxylic acids is 1. The Balaban J connectivity index is 3.26. The third-order valence-corrected chi connectivity index (χ3v) is 4.88. The first-order chi connectivity index (χ1) is 9.48. The molecule has 20 heavy (non-hydrogen) atoms. The number of rotatable bonds is 6. The minimum absolute atomic E-state index is 0.267. The van der Waals surface area contributed by atoms with E-state index in [4.69, 9.17) is 4.74 Å². The minimum Gasteiger partial charge on any atom is -0.481 e. The molecule has 0 bridgehead atoms. The topological polar surface area (TPSA) is 87.4 Å². The Hall–Kier alpha value is -1.57. The lowest BCUT2D eigenvalue weighted by Gasteiger charge is -2.38. The average Bonchev–Trinajstić information content (AvgIpc) is 2.91. The summed E-state index contributed by atoms with van der Waals surface area (Å²) < 4.78 is 4.87. The maximum atomic E-state index is 12.2. The maximum absolute atomic E-state index is 12.2. The molecule has 3 atom stereocenters. The largest absolute Gasteiger partial charge is 0.481 e. The Morgan fingerprint density at radius 2 is 2.00 bits per heavy atom. The molecule has 1 aliphatic rings. The number of hydrogen-bond donors (Lipinski definition) is 1. The van der Waals surface area contributed by atoms with Crippen LogP contribution in [0.2, 0.25) is 0 Å². The van der Waals surface area contributed by atoms with E-state index in [1.807, 2.05) is 13.8 Å². The fourth-order valence-electron chi connectivity index (χ4n) is 3.69. The molecule has 1 N–H and O–H groups in total. The van der Waals surface area contributed by atoms with Crippen LogP contribution in [-0.2, 0) is 14.3 Å². The van der Waals surface area contributed by atoms with Crippen LogP contribution in [0.25, 0.3) is 0 Å². The normalized spacial score (nSPS) is 23.9. The Kier molecular flexibility index (Phi) is 5.55. The second kappa shape index (κ2) is 6.74. The van der Waals surface area contributed by atoms with Crippen molar-refractivity contribution in [3.8, 4) is 6.07 Å². The zero-order valence-corrected chi connectivity index (χ0v) is 12.4. The number of nitrogens with zero attached hydrogens (tertiary/aromatic N) is 1. The van der Waals surface area contributed by atoms with E-state index >= 15 is 0 Å². The van der Waals surface area contributed by atoms with E-state index in [2.05, 4.69) is 6.07 Å². The molecular formula is C15H23NO4. The number of methoxy groups -OCH3 is 1. The molecule has 0 aromatic carbocycles. The van der Waals surface area contributed by atoms with Crippen molar-refractivity contribution in [2.24, 2.45) is 23.2 Å². The summed E-state index contributed by atoms with van der Waals surface area (Å²) in [5.41, 5.74) is -1.04. The molecule has 0 spiro atoms. The molecule has 0 aliphatic heterocycles. The third-order valence-electron chi connectivity index (χ3n) is 4.88. The molecule has 0 aromatic rings. The second-order valence-electron chi connectivity index (χ2n) is 5.50. The number of ether oxygens (including phenoxy) is 1. The van der Waals surface area contributed by atoms with E-state index in [0.29, 0.717) is 19.3 Å². The smallest absolute Gasteiger partial charge is 0.312 e. The Morgan fingerprint density at radius 3 is 2.40 bits per heavy atom. The number of carboxylic acid groups (broad SMARTS) is 1. The molecule has 5 heteroatoms. The summed E-state index contributed by atoms with van der Waals surface area (Å²) in [6, 6.07) is 2.21. The highest BCUT2D eigenvalue weighted by molar-refractivity contribution is 5.84. The van der Waals surface area contributed by atoms with Crippen LogP contribution >= 0.6 is 0 Å². The van der Waals surface area contributed by atoms with E-state index < -0.39 is 23.3 Å². The van der Waals surface area contributed by atoms with Crippen LogP contribution in [-0.4, -0.2) is 24.2 Å². The van der Waals surface area contributed by atoms with Gasteiger partial charge in [0.05, 0.1) is 30.4 Å². The van der Waals surface area contributed by atoms with E-state index in [1.54, 1.807) is 0 Å². The first-order valence-electron chi connectivity index (χ1n) is 7.19. The number of aliphatic carboxylic acids is 1. The van der Waals surface area contributed by atoms with E-state index in [0.717, 1.165) is 12.8 Å². The van der Waals surface area contributed by atoms with Gasteiger partial charge in [-0.2, -0.15) is 5.26 Å². The quantitative estimate of drug-likeness (QED) is 0.756. The molecule has 0 saturated heterocycles. The van der Waals surface area contributed by atoms with Crippen LogP contribution < -0.4 is 0 Å². The van der Waals surface area contributed by atoms with Gasteiger partial charge in [-0.3, -0.25) is 9.59 Å². The van der Waals surface area contributed by atoms with Gasteiger partial charge in [0.25, 0.3) is 0 Å². The molecular weight excluding hydrogens is 258 g/mol. The average molecular weight is 281 g/mol. The van der Waals surface area contributed by atoms with Crippen molar-refractivity contribution in [2.75, 3.05) is 7.11 Å². The second-order valence-corrected chi connectivity index (χ2v) is 5.50. The van der Waals surface area contributed by atoms with Crippen molar-refractivity contribution in [2.45, 2.75) is 46.0 Å². The molecule has 0 aromatic heterocycles. The standard InChI is InChI=1S/C15H23NO4/c1-4-15(5-2,14(19)20-3)12(13(17)18)11-8-6-7-10(11)9-16/h10-12H,4-8H2,1-3H3,(H,17,18). The molecule has 5 nitrogen and oxygen atoms in total. The van der Waals surface area contributed by atoms with Crippen LogP contribution in [0.3, 0.4) is 0 Å². The minimum atomic E-state index is -1.04. The summed E-state index contributed by atoms with van der Waals surface area (Å²) in [6.07, 6.45) is 3.06. The lowest BCUT2D eigenvalue weighted by Crippen LogP contribution is -2.47. The highest BCUT2D eigenvalue weighted by Crippen LogP contribution is 2.48. The van der Waals surface area contributed by atoms with Gasteiger partial charge < -0.3 is 9.84 Å². The molecule has 1 fully saturated rings. The first-order valence-corrected chi connectivity index (χ1v) is 7.19. The number of carbonyl (C=O) groups is 2. The van der Waals surface area contributed by atoms with Crippen LogP contribution in [0.1, 0.15) is 46.0 Å². The van der Waals surface area contributed by atoms with Crippen molar-refractivity contribution in [3.05, 3.63) is 0 Å². The Bertz CT molecular complexity index is 409. The first kappa shape index (κ1) is 16.5. The summed E-state index contributed by atoms with van der Waals surface area (Å²) in [4.78, 5) is 24.0. The van der Waals surface area contributed by atoms with Gasteiger partial charge in [-0.1, -0.05) is 20.3 Å².